The van der Waals surface area contributed by atoms with Crippen LogP contribution in [0.5, 0.6) is 0 Å². The summed E-state index contributed by atoms with van der Waals surface area (Å²) in [5.41, 5.74) is 0. The first-order valence-corrected chi connectivity index (χ1v) is 5.31. The molecule has 4 heteroatoms. The topological polar surface area (TPSA) is 52.6 Å². The van der Waals surface area contributed by atoms with Crippen LogP contribution in [0.2, 0.25) is 0 Å². The molecule has 0 aromatic heterocycles. The van der Waals surface area contributed by atoms with Crippen LogP contribution in [0.25, 0.3) is 0 Å². The Bertz CT molecular complexity index is 199. The number of hydrogen-bond donors (Lipinski definition) is 0. The second-order valence-corrected chi connectivity index (χ2v) is 3.75. The molecule has 15 heavy (non-hydrogen) atoms. The van der Waals surface area contributed by atoms with E-state index in [1.807, 2.05) is 13.8 Å². The van der Waals surface area contributed by atoms with Crippen LogP contribution in [0, 0.1) is 5.92 Å². The summed E-state index contributed by atoms with van der Waals surface area (Å²) in [6.07, 6.45) is 0.356. The molecule has 0 bridgehead atoms. The fourth-order valence-electron chi connectivity index (χ4n) is 0.955. The molecule has 0 saturated heterocycles. The van der Waals surface area contributed by atoms with Crippen LogP contribution in [0.15, 0.2) is 0 Å². The highest BCUT2D eigenvalue weighted by atomic mass is 16.5. The highest BCUT2D eigenvalue weighted by Gasteiger charge is 2.07. The molecule has 0 radical (unpaired) electrons. The third-order valence-corrected chi connectivity index (χ3v) is 1.63. The summed E-state index contributed by atoms with van der Waals surface area (Å²) in [6.45, 7) is 6.80. The monoisotopic (exact) mass is 216 g/mol. The van der Waals surface area contributed by atoms with Gasteiger partial charge in [-0.15, -0.1) is 0 Å². The standard InChI is InChI=1S/C11H20O4/c1-4-15-11(13)6-5-10(12)8-14-7-9(2)3/h9H,4-8H2,1-3H3. The van der Waals surface area contributed by atoms with Crippen molar-refractivity contribution in [1.82, 2.24) is 0 Å². The minimum atomic E-state index is -0.324. The minimum absolute atomic E-state index is 0.0521. The molecule has 0 aliphatic rings. The molecule has 0 aromatic rings. The van der Waals surface area contributed by atoms with Gasteiger partial charge in [-0.05, 0) is 12.8 Å². The summed E-state index contributed by atoms with van der Waals surface area (Å²) in [4.78, 5) is 22.1. The highest BCUT2D eigenvalue weighted by molar-refractivity contribution is 5.83. The van der Waals surface area contributed by atoms with Crippen molar-refractivity contribution < 1.29 is 19.1 Å². The maximum atomic E-state index is 11.2. The molecule has 0 saturated carbocycles. The average Bonchev–Trinajstić information content (AvgIpc) is 2.14. The van der Waals surface area contributed by atoms with Gasteiger partial charge in [-0.3, -0.25) is 9.59 Å². The first-order valence-electron chi connectivity index (χ1n) is 5.31. The molecule has 0 amide bonds. The second-order valence-electron chi connectivity index (χ2n) is 3.75. The van der Waals surface area contributed by atoms with Crippen molar-refractivity contribution in [3.63, 3.8) is 0 Å². The Labute approximate surface area is 90.9 Å². The SMILES string of the molecule is CCOC(=O)CCC(=O)COCC(C)C. The number of ether oxygens (including phenoxy) is 2. The molecule has 0 atom stereocenters. The van der Waals surface area contributed by atoms with Crippen LogP contribution in [0.4, 0.5) is 0 Å². The first kappa shape index (κ1) is 14.1. The van der Waals surface area contributed by atoms with Crippen LogP contribution < -0.4 is 0 Å². The lowest BCUT2D eigenvalue weighted by Gasteiger charge is -2.05. The van der Waals surface area contributed by atoms with E-state index < -0.39 is 0 Å². The molecule has 0 unspecified atom stereocenters. The average molecular weight is 216 g/mol. The molecule has 0 aliphatic carbocycles. The van der Waals surface area contributed by atoms with E-state index in [9.17, 15) is 9.59 Å². The lowest BCUT2D eigenvalue weighted by atomic mass is 10.2. The second kappa shape index (κ2) is 8.41. The highest BCUT2D eigenvalue weighted by Crippen LogP contribution is 1.97. The largest absolute Gasteiger partial charge is 0.466 e. The van der Waals surface area contributed by atoms with Crippen LogP contribution in [0.3, 0.4) is 0 Å². The molecule has 0 fully saturated rings. The number of ketones is 1. The molecule has 0 heterocycles. The Hall–Kier alpha value is -0.900. The fraction of sp³-hybridized carbons (Fsp3) is 0.818. The Morgan fingerprint density at radius 3 is 2.40 bits per heavy atom. The quantitative estimate of drug-likeness (QED) is 0.578. The Balaban J connectivity index is 3.45. The van der Waals surface area contributed by atoms with E-state index in [1.54, 1.807) is 6.92 Å². The van der Waals surface area contributed by atoms with Gasteiger partial charge < -0.3 is 9.47 Å². The van der Waals surface area contributed by atoms with Crippen LogP contribution in [0.1, 0.15) is 33.6 Å². The van der Waals surface area contributed by atoms with Crippen molar-refractivity contribution in [3.8, 4) is 0 Å². The number of esters is 1. The van der Waals surface area contributed by atoms with E-state index >= 15 is 0 Å². The smallest absolute Gasteiger partial charge is 0.306 e. The van der Waals surface area contributed by atoms with Gasteiger partial charge in [0.1, 0.15) is 6.61 Å². The van der Waals surface area contributed by atoms with Crippen molar-refractivity contribution in [2.75, 3.05) is 19.8 Å². The number of rotatable bonds is 8. The van der Waals surface area contributed by atoms with Gasteiger partial charge in [0.2, 0.25) is 0 Å². The maximum Gasteiger partial charge on any atom is 0.306 e. The number of Topliss-reactive ketones (excluding diaryl/α,β-unsaturated/α-hetero) is 1. The van der Waals surface area contributed by atoms with Crippen LogP contribution >= 0.6 is 0 Å². The Morgan fingerprint density at radius 1 is 1.20 bits per heavy atom. The van der Waals surface area contributed by atoms with Crippen molar-refractivity contribution in [2.45, 2.75) is 33.6 Å². The van der Waals surface area contributed by atoms with Crippen molar-refractivity contribution in [1.29, 1.82) is 0 Å². The number of carbonyl (C=O) groups excluding carboxylic acids is 2. The van der Waals surface area contributed by atoms with E-state index in [1.165, 1.54) is 0 Å². The van der Waals surface area contributed by atoms with Crippen molar-refractivity contribution in [2.24, 2.45) is 5.92 Å². The zero-order chi connectivity index (χ0) is 11.7. The molecular weight excluding hydrogens is 196 g/mol. The third kappa shape index (κ3) is 9.41. The van der Waals surface area contributed by atoms with Gasteiger partial charge in [0.25, 0.3) is 0 Å². The van der Waals surface area contributed by atoms with Gasteiger partial charge >= 0.3 is 5.97 Å². The van der Waals surface area contributed by atoms with Crippen molar-refractivity contribution in [3.05, 3.63) is 0 Å². The predicted molar refractivity (Wildman–Crippen MR) is 56.5 cm³/mol. The summed E-state index contributed by atoms with van der Waals surface area (Å²) in [5.74, 6) is 0.0428. The lowest BCUT2D eigenvalue weighted by Crippen LogP contribution is -2.14. The number of hydrogen-bond acceptors (Lipinski definition) is 4. The Morgan fingerprint density at radius 2 is 1.87 bits per heavy atom. The Kier molecular flexibility index (Phi) is 7.91. The van der Waals surface area contributed by atoms with Crippen molar-refractivity contribution >= 4 is 11.8 Å². The summed E-state index contributed by atoms with van der Waals surface area (Å²) >= 11 is 0. The summed E-state index contributed by atoms with van der Waals surface area (Å²) < 4.78 is 9.85. The van der Waals surface area contributed by atoms with E-state index in [2.05, 4.69) is 0 Å². The molecule has 0 aliphatic heterocycles. The van der Waals surface area contributed by atoms with E-state index in [4.69, 9.17) is 9.47 Å². The van der Waals surface area contributed by atoms with Crippen LogP contribution in [-0.2, 0) is 19.1 Å². The summed E-state index contributed by atoms with van der Waals surface area (Å²) in [6, 6.07) is 0. The predicted octanol–water partition coefficient (Wildman–Crippen LogP) is 1.57. The molecule has 0 N–H and O–H groups in total. The third-order valence-electron chi connectivity index (χ3n) is 1.63. The fourth-order valence-corrected chi connectivity index (χ4v) is 0.955. The summed E-state index contributed by atoms with van der Waals surface area (Å²) in [5, 5.41) is 0. The van der Waals surface area contributed by atoms with Crippen LogP contribution in [-0.4, -0.2) is 31.6 Å². The number of carbonyl (C=O) groups is 2. The van der Waals surface area contributed by atoms with Gasteiger partial charge in [0, 0.05) is 13.0 Å². The van der Waals surface area contributed by atoms with E-state index in [0.717, 1.165) is 0 Å². The normalized spacial score (nSPS) is 10.4. The minimum Gasteiger partial charge on any atom is -0.466 e. The van der Waals surface area contributed by atoms with Gasteiger partial charge in [0.15, 0.2) is 5.78 Å². The van der Waals surface area contributed by atoms with Gasteiger partial charge in [-0.2, -0.15) is 0 Å². The lowest BCUT2D eigenvalue weighted by molar-refractivity contribution is -0.144. The zero-order valence-electron chi connectivity index (χ0n) is 9.75. The van der Waals surface area contributed by atoms with E-state index in [-0.39, 0.29) is 31.2 Å². The first-order chi connectivity index (χ1) is 7.06. The molecule has 0 aromatic carbocycles. The van der Waals surface area contributed by atoms with Gasteiger partial charge in [0.05, 0.1) is 13.0 Å². The molecule has 0 spiro atoms. The summed E-state index contributed by atoms with van der Waals surface area (Å²) in [7, 11) is 0. The van der Waals surface area contributed by atoms with Gasteiger partial charge in [-0.25, -0.2) is 0 Å². The maximum absolute atomic E-state index is 11.2. The molecule has 88 valence electrons. The molecule has 4 nitrogen and oxygen atoms in total. The van der Waals surface area contributed by atoms with Gasteiger partial charge in [-0.1, -0.05) is 13.8 Å². The van der Waals surface area contributed by atoms with E-state index in [0.29, 0.717) is 19.1 Å². The molecule has 0 rings (SSSR count). The zero-order valence-corrected chi connectivity index (χ0v) is 9.75. The molecular formula is C11H20O4.